The lowest BCUT2D eigenvalue weighted by Crippen LogP contribution is -2.47. The molecule has 3 N–H and O–H groups in total. The second-order valence-electron chi connectivity index (χ2n) is 9.90. The summed E-state index contributed by atoms with van der Waals surface area (Å²) in [7, 11) is 0. The molecule has 6 rings (SSSR count). The van der Waals surface area contributed by atoms with Gasteiger partial charge < -0.3 is 34.7 Å². The predicted octanol–water partition coefficient (Wildman–Crippen LogP) is 3.65. The van der Waals surface area contributed by atoms with Crippen LogP contribution < -0.4 is 24.8 Å². The minimum Gasteiger partial charge on any atom is -0.487 e. The van der Waals surface area contributed by atoms with Crippen LogP contribution in [-0.4, -0.2) is 48.6 Å². The number of rotatable bonds is 7. The highest BCUT2D eigenvalue weighted by atomic mass is 19.1. The number of benzene rings is 3. The summed E-state index contributed by atoms with van der Waals surface area (Å²) < 4.78 is 50.0. The molecule has 0 bridgehead atoms. The van der Waals surface area contributed by atoms with E-state index < -0.39 is 35.9 Å². The molecule has 9 nitrogen and oxygen atoms in total. The highest BCUT2D eigenvalue weighted by molar-refractivity contribution is 6.04. The van der Waals surface area contributed by atoms with Crippen LogP contribution in [0.3, 0.4) is 0 Å². The first-order chi connectivity index (χ1) is 19.4. The Morgan fingerprint density at radius 2 is 1.80 bits per heavy atom. The molecule has 2 amide bonds. The van der Waals surface area contributed by atoms with E-state index in [1.807, 2.05) is 6.07 Å². The van der Waals surface area contributed by atoms with Gasteiger partial charge in [-0.15, -0.1) is 0 Å². The van der Waals surface area contributed by atoms with Crippen LogP contribution in [0.25, 0.3) is 0 Å². The van der Waals surface area contributed by atoms with Gasteiger partial charge in [-0.2, -0.15) is 0 Å². The van der Waals surface area contributed by atoms with Crippen molar-refractivity contribution >= 4 is 17.5 Å². The monoisotopic (exact) mass is 552 g/mol. The zero-order valence-electron chi connectivity index (χ0n) is 21.2. The predicted molar refractivity (Wildman–Crippen MR) is 137 cm³/mol. The molecular weight excluding hydrogens is 526 g/mol. The number of hydrogen-bond acceptors (Lipinski definition) is 7. The number of nitrogens with one attached hydrogen (secondary N) is 2. The van der Waals surface area contributed by atoms with E-state index in [2.05, 4.69) is 10.6 Å². The Hall–Kier alpha value is -4.22. The van der Waals surface area contributed by atoms with Crippen molar-refractivity contribution in [3.8, 4) is 17.2 Å². The summed E-state index contributed by atoms with van der Waals surface area (Å²) in [4.78, 5) is 25.5. The summed E-state index contributed by atoms with van der Waals surface area (Å²) in [6, 6.07) is 13.3. The Balaban J connectivity index is 1.13. The van der Waals surface area contributed by atoms with Crippen LogP contribution in [0, 0.1) is 11.6 Å². The topological polar surface area (TPSA) is 115 Å². The fourth-order valence-corrected chi connectivity index (χ4v) is 5.36. The molecule has 3 aromatic carbocycles. The molecule has 3 aromatic rings. The van der Waals surface area contributed by atoms with Crippen molar-refractivity contribution in [2.75, 3.05) is 18.7 Å². The van der Waals surface area contributed by atoms with Crippen LogP contribution >= 0.6 is 0 Å². The SMILES string of the molecule is O=C(C[C@@H]1C[C@H]2c3cc(NC(=O)c4ccc5c(c4)OCO5)ccc3O[C@H]2[C@H](CO)O1)NCc1cc(F)ccc1F. The molecule has 0 saturated carbocycles. The van der Waals surface area contributed by atoms with Crippen LogP contribution in [0.2, 0.25) is 0 Å². The number of amides is 2. The van der Waals surface area contributed by atoms with E-state index in [0.29, 0.717) is 34.9 Å². The molecule has 40 heavy (non-hydrogen) atoms. The van der Waals surface area contributed by atoms with E-state index in [-0.39, 0.29) is 43.8 Å². The fourth-order valence-electron chi connectivity index (χ4n) is 5.36. The summed E-state index contributed by atoms with van der Waals surface area (Å²) in [5.41, 5.74) is 1.85. The first-order valence-electron chi connectivity index (χ1n) is 12.9. The molecule has 1 saturated heterocycles. The molecule has 3 heterocycles. The van der Waals surface area contributed by atoms with E-state index in [4.69, 9.17) is 18.9 Å². The molecule has 0 radical (unpaired) electrons. The Morgan fingerprint density at radius 1 is 0.975 bits per heavy atom. The average Bonchev–Trinajstić information content (AvgIpc) is 3.57. The van der Waals surface area contributed by atoms with Crippen molar-refractivity contribution in [1.29, 1.82) is 0 Å². The normalized spacial score (nSPS) is 22.2. The van der Waals surface area contributed by atoms with Gasteiger partial charge in [-0.05, 0) is 61.0 Å². The maximum atomic E-state index is 13.9. The Labute approximate surface area is 228 Å². The molecule has 11 heteroatoms. The standard InChI is InChI=1S/C29H26F2N2O7/c30-17-2-4-22(31)16(7-17)12-32-27(35)11-19-10-21-20-9-18(3-6-23(20)40-28(21)26(13-34)39-19)33-29(36)15-1-5-24-25(8-15)38-14-37-24/h1-9,19,21,26,28,34H,10-14H2,(H,32,35)(H,33,36)/t19-,21-,26-,28+/m0/s1. The Kier molecular flexibility index (Phi) is 6.99. The first-order valence-corrected chi connectivity index (χ1v) is 12.9. The van der Waals surface area contributed by atoms with E-state index in [1.165, 1.54) is 0 Å². The van der Waals surface area contributed by atoms with Gasteiger partial charge in [-0.1, -0.05) is 0 Å². The van der Waals surface area contributed by atoms with Gasteiger partial charge in [0.15, 0.2) is 11.5 Å². The highest BCUT2D eigenvalue weighted by Gasteiger charge is 2.46. The third kappa shape index (κ3) is 5.17. The van der Waals surface area contributed by atoms with Gasteiger partial charge in [0.05, 0.1) is 19.1 Å². The van der Waals surface area contributed by atoms with Crippen molar-refractivity contribution in [3.05, 3.63) is 82.9 Å². The zero-order valence-corrected chi connectivity index (χ0v) is 21.2. The lowest BCUT2D eigenvalue weighted by atomic mass is 9.84. The maximum absolute atomic E-state index is 13.9. The largest absolute Gasteiger partial charge is 0.487 e. The van der Waals surface area contributed by atoms with Crippen LogP contribution in [0.1, 0.15) is 40.2 Å². The number of carbonyl (C=O) groups excluding carboxylic acids is 2. The Bertz CT molecular complexity index is 1470. The average molecular weight is 553 g/mol. The number of halogens is 2. The highest BCUT2D eigenvalue weighted by Crippen LogP contribution is 2.47. The smallest absolute Gasteiger partial charge is 0.255 e. The minimum atomic E-state index is -0.670. The van der Waals surface area contributed by atoms with Crippen molar-refractivity contribution < 1.29 is 42.4 Å². The van der Waals surface area contributed by atoms with Crippen molar-refractivity contribution in [3.63, 3.8) is 0 Å². The quantitative estimate of drug-likeness (QED) is 0.410. The van der Waals surface area contributed by atoms with Crippen LogP contribution in [-0.2, 0) is 16.1 Å². The van der Waals surface area contributed by atoms with E-state index in [9.17, 15) is 23.5 Å². The third-order valence-corrected chi connectivity index (χ3v) is 7.29. The second kappa shape index (κ2) is 10.7. The number of aliphatic hydroxyl groups excluding tert-OH is 1. The molecule has 0 spiro atoms. The van der Waals surface area contributed by atoms with E-state index in [1.54, 1.807) is 30.3 Å². The number of carbonyl (C=O) groups is 2. The van der Waals surface area contributed by atoms with Crippen LogP contribution in [0.15, 0.2) is 54.6 Å². The summed E-state index contributed by atoms with van der Waals surface area (Å²) >= 11 is 0. The molecule has 208 valence electrons. The number of hydrogen-bond donors (Lipinski definition) is 3. The van der Waals surface area contributed by atoms with Gasteiger partial charge in [-0.25, -0.2) is 8.78 Å². The molecule has 0 aromatic heterocycles. The van der Waals surface area contributed by atoms with Gasteiger partial charge in [-0.3, -0.25) is 9.59 Å². The fraction of sp³-hybridized carbons (Fsp3) is 0.310. The van der Waals surface area contributed by atoms with Gasteiger partial charge in [0.2, 0.25) is 12.7 Å². The molecular formula is C29H26F2N2O7. The molecule has 4 atom stereocenters. The molecule has 3 aliphatic rings. The molecule has 0 unspecified atom stereocenters. The zero-order chi connectivity index (χ0) is 27.8. The molecule has 3 aliphatic heterocycles. The van der Waals surface area contributed by atoms with Gasteiger partial charge in [0, 0.05) is 34.8 Å². The van der Waals surface area contributed by atoms with Gasteiger partial charge >= 0.3 is 0 Å². The maximum Gasteiger partial charge on any atom is 0.255 e. The van der Waals surface area contributed by atoms with Crippen molar-refractivity contribution in [2.45, 2.75) is 43.6 Å². The molecule has 1 fully saturated rings. The van der Waals surface area contributed by atoms with Crippen LogP contribution in [0.4, 0.5) is 14.5 Å². The number of anilines is 1. The van der Waals surface area contributed by atoms with Crippen LogP contribution in [0.5, 0.6) is 17.2 Å². The van der Waals surface area contributed by atoms with Crippen molar-refractivity contribution in [1.82, 2.24) is 5.32 Å². The summed E-state index contributed by atoms with van der Waals surface area (Å²) in [5, 5.41) is 15.5. The number of aliphatic hydroxyl groups is 1. The van der Waals surface area contributed by atoms with Gasteiger partial charge in [0.25, 0.3) is 5.91 Å². The third-order valence-electron chi connectivity index (χ3n) is 7.29. The first kappa shape index (κ1) is 26.0. The lowest BCUT2D eigenvalue weighted by molar-refractivity contribution is -0.142. The second-order valence-corrected chi connectivity index (χ2v) is 9.90. The number of ether oxygens (including phenoxy) is 4. The minimum absolute atomic E-state index is 0.0352. The summed E-state index contributed by atoms with van der Waals surface area (Å²) in [5.74, 6) is -0.410. The Morgan fingerprint density at radius 3 is 2.65 bits per heavy atom. The lowest BCUT2D eigenvalue weighted by Gasteiger charge is -2.37. The van der Waals surface area contributed by atoms with Crippen molar-refractivity contribution in [2.24, 2.45) is 0 Å². The van der Waals surface area contributed by atoms with E-state index in [0.717, 1.165) is 23.8 Å². The molecule has 0 aliphatic carbocycles. The van der Waals surface area contributed by atoms with E-state index >= 15 is 0 Å². The summed E-state index contributed by atoms with van der Waals surface area (Å²) in [6.45, 7) is -0.362. The summed E-state index contributed by atoms with van der Waals surface area (Å²) in [6.07, 6.45) is -1.28. The van der Waals surface area contributed by atoms with Gasteiger partial charge in [0.1, 0.15) is 29.6 Å². The number of fused-ring (bicyclic) bond motifs is 4.